The van der Waals surface area contributed by atoms with Crippen molar-refractivity contribution in [3.8, 4) is 5.75 Å². The number of ether oxygens (including phenoxy) is 1. The van der Waals surface area contributed by atoms with E-state index in [4.69, 9.17) is 4.74 Å². The molecule has 0 saturated heterocycles. The summed E-state index contributed by atoms with van der Waals surface area (Å²) < 4.78 is 31.8. The number of carbonyl (C=O) groups is 2. The molecule has 0 radical (unpaired) electrons. The third-order valence-electron chi connectivity index (χ3n) is 6.47. The van der Waals surface area contributed by atoms with Crippen LogP contribution in [0.25, 0.3) is 0 Å². The highest BCUT2D eigenvalue weighted by Gasteiger charge is 2.18. The molecular formula is C33H34N4O5S. The van der Waals surface area contributed by atoms with Crippen LogP contribution < -0.4 is 19.8 Å². The highest BCUT2D eigenvalue weighted by Crippen LogP contribution is 2.21. The van der Waals surface area contributed by atoms with Crippen LogP contribution >= 0.6 is 0 Å². The van der Waals surface area contributed by atoms with Gasteiger partial charge in [-0.3, -0.25) is 13.9 Å². The Balaban J connectivity index is 1.24. The first-order valence-corrected chi connectivity index (χ1v) is 15.5. The van der Waals surface area contributed by atoms with Crippen LogP contribution in [-0.2, 0) is 27.8 Å². The minimum absolute atomic E-state index is 0.0923. The second kappa shape index (κ2) is 14.8. The number of hydrogen-bond acceptors (Lipinski definition) is 6. The number of nitrogens with zero attached hydrogens (tertiary/aromatic N) is 2. The normalized spacial score (nSPS) is 11.2. The van der Waals surface area contributed by atoms with E-state index in [0.717, 1.165) is 34.9 Å². The summed E-state index contributed by atoms with van der Waals surface area (Å²) in [6.07, 6.45) is 3.39. The van der Waals surface area contributed by atoms with Gasteiger partial charge in [0.1, 0.15) is 5.75 Å². The zero-order chi connectivity index (χ0) is 30.7. The third kappa shape index (κ3) is 9.82. The number of rotatable bonds is 13. The van der Waals surface area contributed by atoms with Gasteiger partial charge in [-0.05, 0) is 78.6 Å². The number of carbonyl (C=O) groups excluding carboxylic acids is 2. The summed E-state index contributed by atoms with van der Waals surface area (Å²) in [5, 5.41) is 6.84. The predicted octanol–water partition coefficient (Wildman–Crippen LogP) is 4.46. The van der Waals surface area contributed by atoms with Crippen LogP contribution in [-0.4, -0.2) is 45.9 Å². The summed E-state index contributed by atoms with van der Waals surface area (Å²) in [5.74, 6) is -0.108. The number of hydrazone groups is 1. The molecule has 2 N–H and O–H groups in total. The molecule has 2 amide bonds. The van der Waals surface area contributed by atoms with E-state index in [2.05, 4.69) is 15.8 Å². The molecule has 0 aliphatic carbocycles. The van der Waals surface area contributed by atoms with Crippen LogP contribution in [0.3, 0.4) is 0 Å². The van der Waals surface area contributed by atoms with Crippen LogP contribution in [0.15, 0.2) is 108 Å². The van der Waals surface area contributed by atoms with E-state index >= 15 is 0 Å². The van der Waals surface area contributed by atoms with E-state index < -0.39 is 15.9 Å². The van der Waals surface area contributed by atoms with Crippen molar-refractivity contribution in [3.05, 3.63) is 131 Å². The molecule has 9 nitrogen and oxygen atoms in total. The summed E-state index contributed by atoms with van der Waals surface area (Å²) >= 11 is 0. The second-order valence-corrected chi connectivity index (χ2v) is 11.9. The highest BCUT2D eigenvalue weighted by atomic mass is 32.2. The second-order valence-electron chi connectivity index (χ2n) is 9.94. The molecule has 0 aliphatic heterocycles. The topological polar surface area (TPSA) is 117 Å². The van der Waals surface area contributed by atoms with Crippen molar-refractivity contribution in [3.63, 3.8) is 0 Å². The van der Waals surface area contributed by atoms with E-state index in [9.17, 15) is 18.0 Å². The molecule has 0 aliphatic rings. The minimum atomic E-state index is -3.55. The molecule has 4 aromatic carbocycles. The van der Waals surface area contributed by atoms with Gasteiger partial charge in [-0.15, -0.1) is 0 Å². The van der Waals surface area contributed by atoms with Crippen LogP contribution in [0.1, 0.15) is 32.6 Å². The highest BCUT2D eigenvalue weighted by molar-refractivity contribution is 7.92. The van der Waals surface area contributed by atoms with Gasteiger partial charge in [0.25, 0.3) is 11.8 Å². The van der Waals surface area contributed by atoms with Gasteiger partial charge in [0.2, 0.25) is 10.0 Å². The van der Waals surface area contributed by atoms with Crippen LogP contribution in [0.4, 0.5) is 5.69 Å². The Morgan fingerprint density at radius 1 is 0.860 bits per heavy atom. The van der Waals surface area contributed by atoms with Crippen molar-refractivity contribution in [2.45, 2.75) is 19.9 Å². The zero-order valence-corrected chi connectivity index (χ0v) is 24.9. The third-order valence-corrected chi connectivity index (χ3v) is 7.61. The van der Waals surface area contributed by atoms with Gasteiger partial charge in [-0.2, -0.15) is 5.10 Å². The van der Waals surface area contributed by atoms with Crippen molar-refractivity contribution in [1.82, 2.24) is 10.7 Å². The molecule has 10 heteroatoms. The maximum atomic E-state index is 12.6. The van der Waals surface area contributed by atoms with Crippen LogP contribution in [0.5, 0.6) is 5.75 Å². The first kappa shape index (κ1) is 31.0. The Kier molecular flexibility index (Phi) is 10.7. The molecular weight excluding hydrogens is 564 g/mol. The van der Waals surface area contributed by atoms with Crippen molar-refractivity contribution in [1.29, 1.82) is 0 Å². The minimum Gasteiger partial charge on any atom is -0.484 e. The van der Waals surface area contributed by atoms with Crippen molar-refractivity contribution in [2.24, 2.45) is 5.10 Å². The molecule has 0 heterocycles. The molecule has 0 saturated carbocycles. The predicted molar refractivity (Wildman–Crippen MR) is 169 cm³/mol. The van der Waals surface area contributed by atoms with Gasteiger partial charge in [0, 0.05) is 12.1 Å². The standard InChI is InChI=1S/C33H34N4O5S/c1-25-8-10-28(11-9-25)23-37(43(2,40)41)30-16-14-29(15-17-30)33(39)36-35-22-27-12-18-31(19-13-27)42-24-32(38)34-21-20-26-6-4-3-5-7-26/h3-19,22H,20-21,23-24H2,1-2H3,(H,34,38)(H,36,39)/b35-22-. The molecule has 0 fully saturated rings. The number of nitrogens with one attached hydrogen (secondary N) is 2. The van der Waals surface area contributed by atoms with Gasteiger partial charge < -0.3 is 10.1 Å². The van der Waals surface area contributed by atoms with Crippen molar-refractivity contribution < 1.29 is 22.7 Å². The zero-order valence-electron chi connectivity index (χ0n) is 24.1. The number of anilines is 1. The molecule has 43 heavy (non-hydrogen) atoms. The molecule has 0 spiro atoms. The van der Waals surface area contributed by atoms with Crippen LogP contribution in [0.2, 0.25) is 0 Å². The Morgan fingerprint density at radius 2 is 1.53 bits per heavy atom. The average Bonchev–Trinajstić information content (AvgIpc) is 3.00. The first-order chi connectivity index (χ1) is 20.7. The maximum Gasteiger partial charge on any atom is 0.271 e. The summed E-state index contributed by atoms with van der Waals surface area (Å²) in [4.78, 5) is 24.6. The maximum absolute atomic E-state index is 12.6. The summed E-state index contributed by atoms with van der Waals surface area (Å²) in [5.41, 5.74) is 7.07. The fourth-order valence-corrected chi connectivity index (χ4v) is 5.00. The number of sulfonamides is 1. The van der Waals surface area contributed by atoms with E-state index in [1.54, 1.807) is 48.5 Å². The van der Waals surface area contributed by atoms with E-state index in [-0.39, 0.29) is 19.1 Å². The summed E-state index contributed by atoms with van der Waals surface area (Å²) in [6, 6.07) is 30.8. The Labute approximate surface area is 252 Å². The van der Waals surface area contributed by atoms with Crippen LogP contribution in [0, 0.1) is 6.92 Å². The smallest absolute Gasteiger partial charge is 0.271 e. The molecule has 0 unspecified atom stereocenters. The molecule has 222 valence electrons. The Hall–Kier alpha value is -4.96. The SMILES string of the molecule is Cc1ccc(CN(c2ccc(C(=O)N/N=C\c3ccc(OCC(=O)NCCc4ccccc4)cc3)cc2)S(C)(=O)=O)cc1. The van der Waals surface area contributed by atoms with E-state index in [1.165, 1.54) is 10.5 Å². The Bertz CT molecular complexity index is 1640. The summed E-state index contributed by atoms with van der Waals surface area (Å²) in [6.45, 7) is 2.59. The number of benzene rings is 4. The lowest BCUT2D eigenvalue weighted by Gasteiger charge is -2.22. The molecule has 0 aromatic heterocycles. The van der Waals surface area contributed by atoms with E-state index in [0.29, 0.717) is 23.5 Å². The fraction of sp³-hybridized carbons (Fsp3) is 0.182. The van der Waals surface area contributed by atoms with Gasteiger partial charge in [-0.1, -0.05) is 60.2 Å². The van der Waals surface area contributed by atoms with Crippen molar-refractivity contribution in [2.75, 3.05) is 23.7 Å². The monoisotopic (exact) mass is 598 g/mol. The average molecular weight is 599 g/mol. The fourth-order valence-electron chi connectivity index (χ4n) is 4.11. The van der Waals surface area contributed by atoms with Crippen molar-refractivity contribution >= 4 is 33.7 Å². The lowest BCUT2D eigenvalue weighted by Crippen LogP contribution is -2.30. The number of aryl methyl sites for hydroxylation is 1. The molecule has 4 rings (SSSR count). The first-order valence-electron chi connectivity index (χ1n) is 13.7. The van der Waals surface area contributed by atoms with Gasteiger partial charge in [0.15, 0.2) is 6.61 Å². The lowest BCUT2D eigenvalue weighted by atomic mass is 10.1. The molecule has 4 aromatic rings. The Morgan fingerprint density at radius 3 is 2.19 bits per heavy atom. The number of amides is 2. The quantitative estimate of drug-likeness (QED) is 0.174. The largest absolute Gasteiger partial charge is 0.484 e. The van der Waals surface area contributed by atoms with Gasteiger partial charge in [0.05, 0.1) is 24.7 Å². The number of hydrogen-bond donors (Lipinski definition) is 2. The lowest BCUT2D eigenvalue weighted by molar-refractivity contribution is -0.123. The van der Waals surface area contributed by atoms with Gasteiger partial charge in [-0.25, -0.2) is 13.8 Å². The molecule has 0 atom stereocenters. The van der Waals surface area contributed by atoms with E-state index in [1.807, 2.05) is 61.5 Å². The summed E-state index contributed by atoms with van der Waals surface area (Å²) in [7, 11) is -3.55. The van der Waals surface area contributed by atoms with Gasteiger partial charge >= 0.3 is 0 Å². The molecule has 0 bridgehead atoms.